The number of nitrogens with zero attached hydrogens (tertiary/aromatic N) is 4. The van der Waals surface area contributed by atoms with Gasteiger partial charge in [-0.3, -0.25) is 0 Å². The van der Waals surface area contributed by atoms with Gasteiger partial charge in [0.25, 0.3) is 0 Å². The Hall–Kier alpha value is -2.77. The van der Waals surface area contributed by atoms with E-state index in [0.717, 1.165) is 71.7 Å². The van der Waals surface area contributed by atoms with Gasteiger partial charge in [-0.15, -0.1) is 5.10 Å². The first kappa shape index (κ1) is 25.8. The summed E-state index contributed by atoms with van der Waals surface area (Å²) in [6, 6.07) is 18.1. The van der Waals surface area contributed by atoms with Crippen LogP contribution in [0.5, 0.6) is 11.5 Å². The van der Waals surface area contributed by atoms with Gasteiger partial charge in [0, 0.05) is 18.8 Å². The van der Waals surface area contributed by atoms with Crippen molar-refractivity contribution in [3.63, 3.8) is 0 Å². The van der Waals surface area contributed by atoms with Crippen molar-refractivity contribution in [2.45, 2.75) is 13.3 Å². The molecule has 0 N–H and O–H groups in total. The van der Waals surface area contributed by atoms with Gasteiger partial charge in [-0.1, -0.05) is 30.4 Å². The monoisotopic (exact) mass is 480 g/mol. The summed E-state index contributed by atoms with van der Waals surface area (Å²) >= 11 is 1.80. The summed E-state index contributed by atoms with van der Waals surface area (Å²) < 4.78 is 11.6. The van der Waals surface area contributed by atoms with Crippen LogP contribution in [-0.2, 0) is 0 Å². The van der Waals surface area contributed by atoms with Gasteiger partial charge in [0.15, 0.2) is 0 Å². The molecule has 0 bridgehead atoms. The Morgan fingerprint density at radius 2 is 1.71 bits per heavy atom. The molecule has 1 heterocycles. The summed E-state index contributed by atoms with van der Waals surface area (Å²) in [5.74, 6) is 4.46. The molecule has 0 spiro atoms. The molecule has 182 valence electrons. The lowest BCUT2D eigenvalue weighted by molar-refractivity contribution is 0.281. The predicted molar refractivity (Wildman–Crippen MR) is 145 cm³/mol. The number of amidine groups is 1. The molecule has 3 rings (SSSR count). The minimum absolute atomic E-state index is 0.667. The first-order valence-corrected chi connectivity index (χ1v) is 12.8. The molecule has 34 heavy (non-hydrogen) atoms. The molecule has 0 saturated heterocycles. The molecule has 0 saturated carbocycles. The molecule has 7 heteroatoms. The summed E-state index contributed by atoms with van der Waals surface area (Å²) in [4.78, 5) is 4.43. The predicted octanol–water partition coefficient (Wildman–Crippen LogP) is 4.82. The van der Waals surface area contributed by atoms with Crippen LogP contribution in [0.25, 0.3) is 0 Å². The number of hydrogen-bond donors (Lipinski definition) is 0. The Morgan fingerprint density at radius 3 is 2.41 bits per heavy atom. The van der Waals surface area contributed by atoms with E-state index in [-0.39, 0.29) is 0 Å². The summed E-state index contributed by atoms with van der Waals surface area (Å²) in [6.07, 6.45) is 1.01. The average molecular weight is 481 g/mol. The van der Waals surface area contributed by atoms with Crippen molar-refractivity contribution < 1.29 is 9.47 Å². The standard InChI is InChI=1S/C27H36N4O2S/c1-22(2)19-31-20-26(23-11-13-25(14-12-23)32-16-8-15-30(3)4)28-29-27(31)21-34-18-17-33-24-9-6-5-7-10-24/h5-7,9-14H,1,8,15-21H2,2-4H3. The van der Waals surface area contributed by atoms with Crippen molar-refractivity contribution in [3.05, 3.63) is 72.3 Å². The second-order valence-corrected chi connectivity index (χ2v) is 9.73. The van der Waals surface area contributed by atoms with Crippen LogP contribution in [-0.4, -0.2) is 79.8 Å². The van der Waals surface area contributed by atoms with Crippen LogP contribution in [0.15, 0.2) is 77.0 Å². The molecule has 0 aliphatic carbocycles. The quantitative estimate of drug-likeness (QED) is 0.287. The third-order valence-corrected chi connectivity index (χ3v) is 6.05. The molecule has 0 unspecified atom stereocenters. The molecule has 1 aliphatic heterocycles. The highest BCUT2D eigenvalue weighted by molar-refractivity contribution is 7.99. The highest BCUT2D eigenvalue weighted by Gasteiger charge is 2.20. The zero-order chi connectivity index (χ0) is 24.2. The van der Waals surface area contributed by atoms with Crippen molar-refractivity contribution in [3.8, 4) is 11.5 Å². The van der Waals surface area contributed by atoms with Gasteiger partial charge in [-0.25, -0.2) is 0 Å². The Bertz CT molecular complexity index is 958. The van der Waals surface area contributed by atoms with Crippen molar-refractivity contribution >= 4 is 23.3 Å². The van der Waals surface area contributed by atoms with Crippen LogP contribution in [0.4, 0.5) is 0 Å². The SMILES string of the molecule is C=C(C)CN1CC(c2ccc(OCCCN(C)C)cc2)=NN=C1CSCCOc1ccccc1. The fraction of sp³-hybridized carbons (Fsp3) is 0.407. The highest BCUT2D eigenvalue weighted by Crippen LogP contribution is 2.18. The molecule has 0 amide bonds. The lowest BCUT2D eigenvalue weighted by atomic mass is 10.1. The third kappa shape index (κ3) is 8.88. The minimum Gasteiger partial charge on any atom is -0.494 e. The number of thioether (sulfide) groups is 1. The van der Waals surface area contributed by atoms with Crippen molar-refractivity contribution in [1.82, 2.24) is 9.80 Å². The van der Waals surface area contributed by atoms with Crippen LogP contribution < -0.4 is 9.47 Å². The van der Waals surface area contributed by atoms with E-state index in [2.05, 4.69) is 52.8 Å². The van der Waals surface area contributed by atoms with E-state index in [9.17, 15) is 0 Å². The van der Waals surface area contributed by atoms with Gasteiger partial charge in [0.05, 0.1) is 31.2 Å². The second-order valence-electron chi connectivity index (χ2n) is 8.62. The van der Waals surface area contributed by atoms with Gasteiger partial charge in [0.2, 0.25) is 0 Å². The smallest absolute Gasteiger partial charge is 0.138 e. The lowest BCUT2D eigenvalue weighted by Crippen LogP contribution is -2.40. The topological polar surface area (TPSA) is 49.7 Å². The van der Waals surface area contributed by atoms with Crippen LogP contribution >= 0.6 is 11.8 Å². The molecule has 0 atom stereocenters. The van der Waals surface area contributed by atoms with E-state index in [4.69, 9.17) is 9.47 Å². The first-order valence-electron chi connectivity index (χ1n) is 11.7. The summed E-state index contributed by atoms with van der Waals surface area (Å²) in [7, 11) is 4.15. The Balaban J connectivity index is 1.53. The maximum Gasteiger partial charge on any atom is 0.138 e. The molecule has 2 aromatic rings. The normalized spacial score (nSPS) is 13.5. The van der Waals surface area contributed by atoms with Gasteiger partial charge >= 0.3 is 0 Å². The van der Waals surface area contributed by atoms with Crippen LogP contribution in [0.3, 0.4) is 0 Å². The van der Waals surface area contributed by atoms with Crippen LogP contribution in [0.1, 0.15) is 18.9 Å². The molecular weight excluding hydrogens is 444 g/mol. The van der Waals surface area contributed by atoms with Gasteiger partial charge < -0.3 is 19.3 Å². The lowest BCUT2D eigenvalue weighted by Gasteiger charge is -2.29. The molecule has 0 radical (unpaired) electrons. The summed E-state index contributed by atoms with van der Waals surface area (Å²) in [5, 5.41) is 9.12. The number of rotatable bonds is 14. The van der Waals surface area contributed by atoms with E-state index < -0.39 is 0 Å². The third-order valence-electron chi connectivity index (χ3n) is 5.13. The highest BCUT2D eigenvalue weighted by atomic mass is 32.2. The maximum atomic E-state index is 5.85. The number of hydrogen-bond acceptors (Lipinski definition) is 7. The van der Waals surface area contributed by atoms with E-state index in [0.29, 0.717) is 13.2 Å². The molecule has 0 fully saturated rings. The fourth-order valence-electron chi connectivity index (χ4n) is 3.44. The van der Waals surface area contributed by atoms with Crippen molar-refractivity contribution in [2.75, 3.05) is 58.4 Å². The first-order chi connectivity index (χ1) is 16.5. The average Bonchev–Trinajstić information content (AvgIpc) is 2.83. The summed E-state index contributed by atoms with van der Waals surface area (Å²) in [5.41, 5.74) is 3.13. The Kier molecular flexibility index (Phi) is 10.5. The molecule has 2 aromatic carbocycles. The fourth-order valence-corrected chi connectivity index (χ4v) is 4.21. The minimum atomic E-state index is 0.667. The van der Waals surface area contributed by atoms with Crippen LogP contribution in [0.2, 0.25) is 0 Å². The van der Waals surface area contributed by atoms with E-state index in [1.165, 1.54) is 0 Å². The van der Waals surface area contributed by atoms with E-state index >= 15 is 0 Å². The zero-order valence-electron chi connectivity index (χ0n) is 20.6. The molecular formula is C27H36N4O2S. The Morgan fingerprint density at radius 1 is 1.00 bits per heavy atom. The van der Waals surface area contributed by atoms with Gasteiger partial charge in [-0.05, 0) is 69.4 Å². The number of benzene rings is 2. The number of ether oxygens (including phenoxy) is 2. The van der Waals surface area contributed by atoms with Gasteiger partial charge in [-0.2, -0.15) is 16.9 Å². The van der Waals surface area contributed by atoms with Crippen molar-refractivity contribution in [1.29, 1.82) is 0 Å². The zero-order valence-corrected chi connectivity index (χ0v) is 21.4. The maximum absolute atomic E-state index is 5.85. The molecule has 6 nitrogen and oxygen atoms in total. The molecule has 1 aliphatic rings. The summed E-state index contributed by atoms with van der Waals surface area (Å²) in [6.45, 7) is 10.0. The Labute approximate surface area is 208 Å². The largest absolute Gasteiger partial charge is 0.494 e. The van der Waals surface area contributed by atoms with Gasteiger partial charge in [0.1, 0.15) is 17.3 Å². The second kappa shape index (κ2) is 13.8. The van der Waals surface area contributed by atoms with Crippen LogP contribution in [0, 0.1) is 0 Å². The number of para-hydroxylation sites is 1. The van der Waals surface area contributed by atoms with Crippen molar-refractivity contribution in [2.24, 2.45) is 10.2 Å². The van der Waals surface area contributed by atoms with E-state index in [1.807, 2.05) is 49.4 Å². The molecule has 0 aromatic heterocycles. The van der Waals surface area contributed by atoms with E-state index in [1.54, 1.807) is 11.8 Å².